The number of carbonyl (C=O) groups excluding carboxylic acids is 1. The number of carbonyl (C=O) groups is 1. The van der Waals surface area contributed by atoms with E-state index in [1.54, 1.807) is 6.08 Å². The summed E-state index contributed by atoms with van der Waals surface area (Å²) in [6.45, 7) is 4.18. The van der Waals surface area contributed by atoms with Crippen molar-refractivity contribution >= 4 is 5.91 Å². The Bertz CT molecular complexity index is 539. The molecule has 0 heterocycles. The molecule has 0 saturated carbocycles. The molecular weight excluding hydrogens is 486 g/mol. The number of nitrogens with one attached hydrogen (secondary N) is 1. The first-order chi connectivity index (χ1) is 19.0. The minimum atomic E-state index is -0.921. The Hall–Kier alpha value is -0.910. The molecule has 0 unspecified atom stereocenters. The topological polar surface area (TPSA) is 89.8 Å². The lowest BCUT2D eigenvalue weighted by Crippen LogP contribution is -2.45. The zero-order valence-corrected chi connectivity index (χ0v) is 26.0. The normalized spacial score (nSPS) is 14.1. The smallest absolute Gasteiger partial charge is 0.222 e. The molecule has 39 heavy (non-hydrogen) atoms. The van der Waals surface area contributed by atoms with Crippen molar-refractivity contribution in [2.75, 3.05) is 6.61 Å². The second-order valence-electron chi connectivity index (χ2n) is 11.8. The van der Waals surface area contributed by atoms with Gasteiger partial charge in [0.15, 0.2) is 0 Å². The molecule has 1 amide bonds. The molecule has 0 fully saturated rings. The molecular formula is C34H67NO4. The summed E-state index contributed by atoms with van der Waals surface area (Å²) in [5.74, 6) is -0.317. The highest BCUT2D eigenvalue weighted by atomic mass is 16.3. The van der Waals surface area contributed by atoms with E-state index in [9.17, 15) is 20.1 Å². The van der Waals surface area contributed by atoms with Crippen molar-refractivity contribution < 1.29 is 20.1 Å². The average Bonchev–Trinajstić information content (AvgIpc) is 2.92. The van der Waals surface area contributed by atoms with Crippen LogP contribution in [0.2, 0.25) is 0 Å². The third kappa shape index (κ3) is 27.0. The molecule has 4 N–H and O–H groups in total. The standard InChI is InChI=1S/C34H67NO4/c1-3-5-7-9-11-13-15-16-18-20-22-24-26-28-33(38)32(30-36)35-34(39)29-31(37)27-25-23-21-19-17-14-12-10-8-6-4-2/h26,28,31-33,36-38H,3-25,27,29-30H2,1-2H3,(H,35,39)/b28-26+/t31-,32+,33-/m1/s1. The third-order valence-corrected chi connectivity index (χ3v) is 7.82. The molecule has 0 bridgehead atoms. The maximum Gasteiger partial charge on any atom is 0.222 e. The van der Waals surface area contributed by atoms with Crippen LogP contribution in [-0.4, -0.2) is 46.1 Å². The van der Waals surface area contributed by atoms with Gasteiger partial charge in [-0.3, -0.25) is 4.79 Å². The van der Waals surface area contributed by atoms with Crippen molar-refractivity contribution in [3.05, 3.63) is 12.2 Å². The van der Waals surface area contributed by atoms with E-state index in [1.165, 1.54) is 122 Å². The molecule has 0 radical (unpaired) electrons. The van der Waals surface area contributed by atoms with Crippen molar-refractivity contribution in [3.8, 4) is 0 Å². The van der Waals surface area contributed by atoms with E-state index in [4.69, 9.17) is 0 Å². The van der Waals surface area contributed by atoms with Crippen LogP contribution in [0.25, 0.3) is 0 Å². The van der Waals surface area contributed by atoms with Gasteiger partial charge >= 0.3 is 0 Å². The number of rotatable bonds is 30. The predicted octanol–water partition coefficient (Wildman–Crippen LogP) is 8.53. The van der Waals surface area contributed by atoms with Gasteiger partial charge in [-0.2, -0.15) is 0 Å². The predicted molar refractivity (Wildman–Crippen MR) is 167 cm³/mol. The summed E-state index contributed by atoms with van der Waals surface area (Å²) < 4.78 is 0. The van der Waals surface area contributed by atoms with Gasteiger partial charge in [0, 0.05) is 0 Å². The zero-order chi connectivity index (χ0) is 28.8. The highest BCUT2D eigenvalue weighted by molar-refractivity contribution is 5.76. The number of allylic oxidation sites excluding steroid dienone is 1. The van der Waals surface area contributed by atoms with E-state index >= 15 is 0 Å². The minimum absolute atomic E-state index is 0.0173. The van der Waals surface area contributed by atoms with Gasteiger partial charge in [0.25, 0.3) is 0 Å². The SMILES string of the molecule is CCCCCCCCCCCCC/C=C/[C@@H](O)[C@H](CO)NC(=O)C[C@H](O)CCCCCCCCCCCCC. The summed E-state index contributed by atoms with van der Waals surface area (Å²) >= 11 is 0. The fourth-order valence-corrected chi connectivity index (χ4v) is 5.16. The van der Waals surface area contributed by atoms with E-state index in [2.05, 4.69) is 19.2 Å². The summed E-state index contributed by atoms with van der Waals surface area (Å²) in [7, 11) is 0. The van der Waals surface area contributed by atoms with Gasteiger partial charge in [0.05, 0.1) is 31.3 Å². The molecule has 3 atom stereocenters. The Morgan fingerprint density at radius 2 is 1.05 bits per heavy atom. The largest absolute Gasteiger partial charge is 0.394 e. The van der Waals surface area contributed by atoms with E-state index < -0.39 is 18.2 Å². The molecule has 5 heteroatoms. The first-order valence-electron chi connectivity index (χ1n) is 17.0. The average molecular weight is 554 g/mol. The molecule has 0 rings (SSSR count). The molecule has 0 spiro atoms. The van der Waals surface area contributed by atoms with Gasteiger partial charge in [-0.1, -0.05) is 161 Å². The fourth-order valence-electron chi connectivity index (χ4n) is 5.16. The number of hydrogen-bond donors (Lipinski definition) is 4. The molecule has 0 saturated heterocycles. The van der Waals surface area contributed by atoms with Crippen LogP contribution < -0.4 is 5.32 Å². The highest BCUT2D eigenvalue weighted by Gasteiger charge is 2.20. The Labute approximate surface area is 242 Å². The lowest BCUT2D eigenvalue weighted by atomic mass is 10.0. The summed E-state index contributed by atoms with van der Waals surface area (Å²) in [5, 5.41) is 32.9. The maximum absolute atomic E-state index is 12.3. The Kier molecular flexibility index (Phi) is 29.4. The third-order valence-electron chi connectivity index (χ3n) is 7.82. The summed E-state index contributed by atoms with van der Waals surface area (Å²) in [4.78, 5) is 12.3. The monoisotopic (exact) mass is 554 g/mol. The minimum Gasteiger partial charge on any atom is -0.394 e. The quantitative estimate of drug-likeness (QED) is 0.0530. The van der Waals surface area contributed by atoms with Crippen molar-refractivity contribution in [2.45, 2.75) is 193 Å². The van der Waals surface area contributed by atoms with Crippen LogP contribution in [0.3, 0.4) is 0 Å². The lowest BCUT2D eigenvalue weighted by Gasteiger charge is -2.21. The van der Waals surface area contributed by atoms with Gasteiger partial charge in [-0.25, -0.2) is 0 Å². The van der Waals surface area contributed by atoms with Crippen LogP contribution in [0, 0.1) is 0 Å². The van der Waals surface area contributed by atoms with Crippen LogP contribution in [0.15, 0.2) is 12.2 Å². The van der Waals surface area contributed by atoms with Gasteiger partial charge in [0.1, 0.15) is 0 Å². The fraction of sp³-hybridized carbons (Fsp3) is 0.912. The lowest BCUT2D eigenvalue weighted by molar-refractivity contribution is -0.124. The number of aliphatic hydroxyl groups excluding tert-OH is 3. The van der Waals surface area contributed by atoms with Crippen LogP contribution in [0.5, 0.6) is 0 Å². The second kappa shape index (κ2) is 30.1. The zero-order valence-electron chi connectivity index (χ0n) is 26.0. The molecule has 0 aromatic heterocycles. The number of amides is 1. The van der Waals surface area contributed by atoms with Crippen LogP contribution in [0.1, 0.15) is 174 Å². The van der Waals surface area contributed by atoms with Crippen molar-refractivity contribution in [2.24, 2.45) is 0 Å². The number of unbranched alkanes of at least 4 members (excludes halogenated alkanes) is 21. The van der Waals surface area contributed by atoms with E-state index in [0.29, 0.717) is 6.42 Å². The van der Waals surface area contributed by atoms with Crippen molar-refractivity contribution in [3.63, 3.8) is 0 Å². The van der Waals surface area contributed by atoms with Gasteiger partial charge < -0.3 is 20.6 Å². The van der Waals surface area contributed by atoms with Crippen LogP contribution in [0.4, 0.5) is 0 Å². The summed E-state index contributed by atoms with van der Waals surface area (Å²) in [6, 6.07) is -0.736. The first kappa shape index (κ1) is 38.1. The molecule has 0 aromatic carbocycles. The van der Waals surface area contributed by atoms with Gasteiger partial charge in [0.2, 0.25) is 5.91 Å². The first-order valence-corrected chi connectivity index (χ1v) is 17.0. The molecule has 232 valence electrons. The van der Waals surface area contributed by atoms with Gasteiger partial charge in [-0.15, -0.1) is 0 Å². The van der Waals surface area contributed by atoms with E-state index in [1.807, 2.05) is 6.08 Å². The Balaban J connectivity index is 3.77. The summed E-state index contributed by atoms with van der Waals surface area (Å²) in [5.41, 5.74) is 0. The molecule has 0 aliphatic rings. The summed E-state index contributed by atoms with van der Waals surface area (Å²) in [6.07, 6.45) is 31.8. The van der Waals surface area contributed by atoms with E-state index in [0.717, 1.165) is 25.7 Å². The molecule has 0 aromatic rings. The van der Waals surface area contributed by atoms with Crippen molar-refractivity contribution in [1.82, 2.24) is 5.32 Å². The van der Waals surface area contributed by atoms with Crippen LogP contribution in [-0.2, 0) is 4.79 Å². The maximum atomic E-state index is 12.3. The Morgan fingerprint density at radius 1 is 0.641 bits per heavy atom. The number of hydrogen-bond acceptors (Lipinski definition) is 4. The van der Waals surface area contributed by atoms with Crippen molar-refractivity contribution in [1.29, 1.82) is 0 Å². The van der Waals surface area contributed by atoms with E-state index in [-0.39, 0.29) is 18.9 Å². The Morgan fingerprint density at radius 3 is 1.49 bits per heavy atom. The van der Waals surface area contributed by atoms with Crippen LogP contribution >= 0.6 is 0 Å². The van der Waals surface area contributed by atoms with Gasteiger partial charge in [-0.05, 0) is 19.3 Å². The molecule has 0 aliphatic carbocycles. The molecule has 5 nitrogen and oxygen atoms in total. The second-order valence-corrected chi connectivity index (χ2v) is 11.8. The molecule has 0 aliphatic heterocycles. The highest BCUT2D eigenvalue weighted by Crippen LogP contribution is 2.14. The number of aliphatic hydroxyl groups is 3.